The van der Waals surface area contributed by atoms with Crippen LogP contribution in [-0.4, -0.2) is 23.8 Å². The van der Waals surface area contributed by atoms with Gasteiger partial charge in [0.2, 0.25) is 0 Å². The van der Waals surface area contributed by atoms with Crippen LogP contribution < -0.4 is 5.73 Å². The molecule has 0 aromatic heterocycles. The molecule has 1 aromatic rings. The number of rotatable bonds is 6. The highest BCUT2D eigenvalue weighted by Crippen LogP contribution is 2.38. The van der Waals surface area contributed by atoms with Crippen LogP contribution in [0.3, 0.4) is 0 Å². The first kappa shape index (κ1) is 19.6. The zero-order valence-electron chi connectivity index (χ0n) is 14.9. The molecule has 3 rings (SSSR count). The molecule has 0 spiro atoms. The van der Waals surface area contributed by atoms with Gasteiger partial charge in [0.15, 0.2) is 0 Å². The Hall–Kier alpha value is -2.15. The van der Waals surface area contributed by atoms with Crippen LogP contribution in [0.25, 0.3) is 0 Å². The minimum atomic E-state index is -4.35. The van der Waals surface area contributed by atoms with E-state index in [1.165, 1.54) is 6.07 Å². The lowest BCUT2D eigenvalue weighted by Crippen LogP contribution is -2.16. The first-order valence-electron chi connectivity index (χ1n) is 9.17. The first-order chi connectivity index (χ1) is 12.8. The molecule has 0 fully saturated rings. The van der Waals surface area contributed by atoms with E-state index in [-0.39, 0.29) is 5.92 Å². The molecule has 1 heterocycles. The van der Waals surface area contributed by atoms with E-state index in [9.17, 15) is 23.1 Å². The van der Waals surface area contributed by atoms with Gasteiger partial charge in [0.25, 0.3) is 0 Å². The zero-order chi connectivity index (χ0) is 19.6. The second kappa shape index (κ2) is 7.84. The molecule has 0 saturated heterocycles. The summed E-state index contributed by atoms with van der Waals surface area (Å²) in [5.41, 5.74) is 8.35. The van der Waals surface area contributed by atoms with Crippen LogP contribution in [0.5, 0.6) is 0 Å². The Morgan fingerprint density at radius 2 is 2.07 bits per heavy atom. The van der Waals surface area contributed by atoms with Gasteiger partial charge >= 0.3 is 12.1 Å². The van der Waals surface area contributed by atoms with E-state index in [1.807, 2.05) is 6.21 Å². The topological polar surface area (TPSA) is 75.7 Å². The molecule has 1 aliphatic heterocycles. The molecule has 0 amide bonds. The van der Waals surface area contributed by atoms with Crippen molar-refractivity contribution in [3.8, 4) is 0 Å². The smallest absolute Gasteiger partial charge is 0.416 e. The number of aliphatic carboxylic acids is 1. The molecule has 0 saturated carbocycles. The summed E-state index contributed by atoms with van der Waals surface area (Å²) in [6.07, 6.45) is 0.685. The van der Waals surface area contributed by atoms with Gasteiger partial charge in [-0.25, -0.2) is 0 Å². The third-order valence-electron chi connectivity index (χ3n) is 5.41. The highest BCUT2D eigenvalue weighted by Gasteiger charge is 2.33. The standard InChI is InChI=1S/C20H23F3N2O2/c21-20(22,23)16-5-3-12-8-15-11-25-18(17(15)6-4-13(12)9-16)10-14(19(26)27)2-1-7-24/h3,5,9,11,14-15H,1-2,4,6-8,10,24H2,(H,26,27). The van der Waals surface area contributed by atoms with Crippen molar-refractivity contribution in [3.63, 3.8) is 0 Å². The molecule has 1 aliphatic carbocycles. The predicted molar refractivity (Wildman–Crippen MR) is 96.5 cm³/mol. The number of benzene rings is 1. The quantitative estimate of drug-likeness (QED) is 0.784. The summed E-state index contributed by atoms with van der Waals surface area (Å²) in [6.45, 7) is 0.443. The second-order valence-electron chi connectivity index (χ2n) is 7.21. The summed E-state index contributed by atoms with van der Waals surface area (Å²) < 4.78 is 38.9. The van der Waals surface area contributed by atoms with Crippen molar-refractivity contribution in [3.05, 3.63) is 46.2 Å². The van der Waals surface area contributed by atoms with Crippen molar-refractivity contribution in [2.45, 2.75) is 44.7 Å². The molecule has 2 unspecified atom stereocenters. The van der Waals surface area contributed by atoms with Crippen molar-refractivity contribution in [1.82, 2.24) is 0 Å². The van der Waals surface area contributed by atoms with Gasteiger partial charge in [0.1, 0.15) is 0 Å². The minimum Gasteiger partial charge on any atom is -0.481 e. The number of hydrogen-bond acceptors (Lipinski definition) is 3. The zero-order valence-corrected chi connectivity index (χ0v) is 14.9. The first-order valence-corrected chi connectivity index (χ1v) is 9.17. The lowest BCUT2D eigenvalue weighted by Gasteiger charge is -2.14. The number of aliphatic imine (C=N–C) groups is 1. The number of carbonyl (C=O) groups is 1. The van der Waals surface area contributed by atoms with Crippen molar-refractivity contribution >= 4 is 12.2 Å². The maximum atomic E-state index is 13.0. The number of nitrogens with zero attached hydrogens (tertiary/aromatic N) is 1. The number of fused-ring (bicyclic) bond motifs is 2. The molecule has 7 heteroatoms. The number of aryl methyl sites for hydroxylation is 1. The molecule has 146 valence electrons. The molecule has 4 nitrogen and oxygen atoms in total. The molecular weight excluding hydrogens is 357 g/mol. The highest BCUT2D eigenvalue weighted by atomic mass is 19.4. The summed E-state index contributed by atoms with van der Waals surface area (Å²) in [7, 11) is 0. The third-order valence-corrected chi connectivity index (χ3v) is 5.41. The summed E-state index contributed by atoms with van der Waals surface area (Å²) in [6, 6.07) is 3.94. The number of nitrogens with two attached hydrogens (primary N) is 1. The van der Waals surface area contributed by atoms with Crippen molar-refractivity contribution < 1.29 is 23.1 Å². The van der Waals surface area contributed by atoms with E-state index in [0.717, 1.165) is 28.5 Å². The molecular formula is C20H23F3N2O2. The fraction of sp³-hybridized carbons (Fsp3) is 0.500. The molecule has 2 aliphatic rings. The number of carboxylic acids is 1. The van der Waals surface area contributed by atoms with Crippen molar-refractivity contribution in [2.75, 3.05) is 6.54 Å². The molecule has 0 bridgehead atoms. The van der Waals surface area contributed by atoms with Crippen LogP contribution in [0.2, 0.25) is 0 Å². The van der Waals surface area contributed by atoms with Gasteiger partial charge in [-0.15, -0.1) is 0 Å². The summed E-state index contributed by atoms with van der Waals surface area (Å²) in [5.74, 6) is -1.35. The molecule has 27 heavy (non-hydrogen) atoms. The summed E-state index contributed by atoms with van der Waals surface area (Å²) in [5, 5.41) is 9.44. The molecule has 1 aromatic carbocycles. The van der Waals surface area contributed by atoms with Crippen molar-refractivity contribution in [2.24, 2.45) is 22.6 Å². The van der Waals surface area contributed by atoms with E-state index >= 15 is 0 Å². The van der Waals surface area contributed by atoms with E-state index in [0.29, 0.717) is 45.1 Å². The van der Waals surface area contributed by atoms with Gasteiger partial charge in [-0.05, 0) is 67.5 Å². The second-order valence-corrected chi connectivity index (χ2v) is 7.21. The van der Waals surface area contributed by atoms with Crippen LogP contribution >= 0.6 is 0 Å². The fourth-order valence-electron chi connectivity index (χ4n) is 3.91. The Kier molecular flexibility index (Phi) is 5.69. The lowest BCUT2D eigenvalue weighted by molar-refractivity contribution is -0.142. The monoisotopic (exact) mass is 380 g/mol. The maximum absolute atomic E-state index is 13.0. The maximum Gasteiger partial charge on any atom is 0.416 e. The van der Waals surface area contributed by atoms with Crippen LogP contribution in [0.1, 0.15) is 42.4 Å². The van der Waals surface area contributed by atoms with E-state index in [2.05, 4.69) is 4.99 Å². The highest BCUT2D eigenvalue weighted by molar-refractivity contribution is 5.74. The number of halogens is 3. The average Bonchev–Trinajstić information content (AvgIpc) is 2.87. The van der Waals surface area contributed by atoms with Crippen LogP contribution in [0.4, 0.5) is 13.2 Å². The fourth-order valence-corrected chi connectivity index (χ4v) is 3.91. The third kappa shape index (κ3) is 4.40. The Labute approximate surface area is 156 Å². The van der Waals surface area contributed by atoms with Crippen LogP contribution in [-0.2, 0) is 23.8 Å². The normalized spacial score (nSPS) is 20.2. The van der Waals surface area contributed by atoms with Gasteiger partial charge in [0.05, 0.1) is 11.5 Å². The molecule has 0 radical (unpaired) electrons. The Bertz CT molecular complexity index is 784. The Morgan fingerprint density at radius 1 is 1.30 bits per heavy atom. The molecule has 2 atom stereocenters. The largest absolute Gasteiger partial charge is 0.481 e. The Balaban J connectivity index is 1.81. The van der Waals surface area contributed by atoms with Gasteiger partial charge < -0.3 is 10.8 Å². The van der Waals surface area contributed by atoms with Crippen LogP contribution in [0.15, 0.2) is 34.5 Å². The SMILES string of the molecule is NCCCC(CC1=C2CCc3cc(C(F)(F)F)ccc3CC2C=N1)C(=O)O. The summed E-state index contributed by atoms with van der Waals surface area (Å²) in [4.78, 5) is 16.0. The minimum absolute atomic E-state index is 0.0435. The average molecular weight is 380 g/mol. The van der Waals surface area contributed by atoms with Gasteiger partial charge in [0, 0.05) is 24.3 Å². The predicted octanol–water partition coefficient (Wildman–Crippen LogP) is 3.98. The van der Waals surface area contributed by atoms with Crippen LogP contribution in [0, 0.1) is 11.8 Å². The molecule has 3 N–H and O–H groups in total. The number of hydrogen-bond donors (Lipinski definition) is 2. The van der Waals surface area contributed by atoms with E-state index in [4.69, 9.17) is 5.73 Å². The lowest BCUT2D eigenvalue weighted by atomic mass is 9.90. The number of alkyl halides is 3. The van der Waals surface area contributed by atoms with Gasteiger partial charge in [-0.3, -0.25) is 9.79 Å². The number of carboxylic acid groups (broad SMARTS) is 1. The Morgan fingerprint density at radius 3 is 2.74 bits per heavy atom. The van der Waals surface area contributed by atoms with E-state index < -0.39 is 23.6 Å². The van der Waals surface area contributed by atoms with Gasteiger partial charge in [-0.2, -0.15) is 13.2 Å². The number of allylic oxidation sites excluding steroid dienone is 2. The van der Waals surface area contributed by atoms with E-state index in [1.54, 1.807) is 6.07 Å². The van der Waals surface area contributed by atoms with Gasteiger partial charge in [-0.1, -0.05) is 6.07 Å². The summed E-state index contributed by atoms with van der Waals surface area (Å²) >= 11 is 0. The van der Waals surface area contributed by atoms with Crippen molar-refractivity contribution in [1.29, 1.82) is 0 Å².